The second kappa shape index (κ2) is 5.50. The van der Waals surface area contributed by atoms with Crippen molar-refractivity contribution in [2.75, 3.05) is 11.4 Å². The maximum Gasteiger partial charge on any atom is 0.259 e. The molecule has 0 spiro atoms. The van der Waals surface area contributed by atoms with E-state index in [1.54, 1.807) is 16.7 Å². The van der Waals surface area contributed by atoms with Crippen LogP contribution >= 0.6 is 0 Å². The Bertz CT molecular complexity index is 918. The van der Waals surface area contributed by atoms with Crippen LogP contribution in [-0.4, -0.2) is 20.9 Å². The van der Waals surface area contributed by atoms with Crippen molar-refractivity contribution in [3.8, 4) is 0 Å². The molecule has 23 heavy (non-hydrogen) atoms. The monoisotopic (exact) mass is 306 g/mol. The van der Waals surface area contributed by atoms with Gasteiger partial charge in [-0.3, -0.25) is 14.2 Å². The number of pyridine rings is 2. The smallest absolute Gasteiger partial charge is 0.259 e. The van der Waals surface area contributed by atoms with Crippen molar-refractivity contribution in [3.05, 3.63) is 70.4 Å². The van der Waals surface area contributed by atoms with Gasteiger partial charge in [0, 0.05) is 24.5 Å². The Labute approximate surface area is 134 Å². The summed E-state index contributed by atoms with van der Waals surface area (Å²) in [6.45, 7) is 2.90. The standard InChI is InChI=1S/C18H18N4O/c1-13-6-4-7-14(19-13)15-8-5-11-21(15)17-12-18(23)22-10-3-2-9-16(22)20-17/h2-4,6-7,9-10,12,15H,5,8,11H2,1H3/t15-/m1/s1. The van der Waals surface area contributed by atoms with E-state index >= 15 is 0 Å². The highest BCUT2D eigenvalue weighted by Gasteiger charge is 2.28. The number of anilines is 1. The molecule has 5 nitrogen and oxygen atoms in total. The van der Waals surface area contributed by atoms with Gasteiger partial charge in [0.15, 0.2) is 0 Å². The first-order valence-electron chi connectivity index (χ1n) is 7.91. The SMILES string of the molecule is Cc1cccc([C@H]2CCCN2c2cc(=O)n3ccccc3n2)n1. The largest absolute Gasteiger partial charge is 0.348 e. The van der Waals surface area contributed by atoms with Crippen LogP contribution < -0.4 is 10.5 Å². The molecular weight excluding hydrogens is 288 g/mol. The van der Waals surface area contributed by atoms with Crippen LogP contribution in [0.1, 0.15) is 30.3 Å². The van der Waals surface area contributed by atoms with Crippen LogP contribution in [0.2, 0.25) is 0 Å². The third-order valence-corrected chi connectivity index (χ3v) is 4.36. The number of aromatic nitrogens is 3. The first kappa shape index (κ1) is 13.9. The average Bonchev–Trinajstić information content (AvgIpc) is 3.04. The third kappa shape index (κ3) is 2.48. The molecule has 0 saturated carbocycles. The minimum Gasteiger partial charge on any atom is -0.348 e. The molecular formula is C18H18N4O. The summed E-state index contributed by atoms with van der Waals surface area (Å²) < 4.78 is 1.57. The highest BCUT2D eigenvalue weighted by molar-refractivity contribution is 5.50. The zero-order valence-electron chi connectivity index (χ0n) is 13.0. The molecule has 1 fully saturated rings. The molecule has 0 amide bonds. The fourth-order valence-corrected chi connectivity index (χ4v) is 3.29. The zero-order valence-corrected chi connectivity index (χ0v) is 13.0. The number of hydrogen-bond donors (Lipinski definition) is 0. The highest BCUT2D eigenvalue weighted by Crippen LogP contribution is 2.34. The molecule has 0 bridgehead atoms. The predicted octanol–water partition coefficient (Wildman–Crippen LogP) is 2.74. The molecule has 116 valence electrons. The highest BCUT2D eigenvalue weighted by atomic mass is 16.1. The lowest BCUT2D eigenvalue weighted by Crippen LogP contribution is -2.27. The van der Waals surface area contributed by atoms with E-state index < -0.39 is 0 Å². The fraction of sp³-hybridized carbons (Fsp3) is 0.278. The summed E-state index contributed by atoms with van der Waals surface area (Å²) in [6, 6.07) is 13.5. The van der Waals surface area contributed by atoms with Crippen molar-refractivity contribution in [1.29, 1.82) is 0 Å². The summed E-state index contributed by atoms with van der Waals surface area (Å²) in [5.74, 6) is 0.743. The van der Waals surface area contributed by atoms with Crippen molar-refractivity contribution >= 4 is 11.5 Å². The molecule has 3 aromatic rings. The predicted molar refractivity (Wildman–Crippen MR) is 89.8 cm³/mol. The minimum absolute atomic E-state index is 0.0477. The van der Waals surface area contributed by atoms with Crippen LogP contribution in [0.4, 0.5) is 5.82 Å². The number of aryl methyl sites for hydroxylation is 1. The summed E-state index contributed by atoms with van der Waals surface area (Å²) in [5.41, 5.74) is 2.70. The van der Waals surface area contributed by atoms with Gasteiger partial charge in [-0.05, 0) is 44.0 Å². The first-order valence-corrected chi connectivity index (χ1v) is 7.91. The van der Waals surface area contributed by atoms with Crippen LogP contribution in [0.5, 0.6) is 0 Å². The molecule has 5 heteroatoms. The van der Waals surface area contributed by atoms with E-state index in [-0.39, 0.29) is 11.6 Å². The molecule has 1 aliphatic heterocycles. The Hall–Kier alpha value is -2.69. The van der Waals surface area contributed by atoms with Gasteiger partial charge in [0.05, 0.1) is 11.7 Å². The van der Waals surface area contributed by atoms with E-state index in [2.05, 4.69) is 20.9 Å². The van der Waals surface area contributed by atoms with E-state index in [1.807, 2.05) is 37.3 Å². The van der Waals surface area contributed by atoms with Crippen molar-refractivity contribution < 1.29 is 0 Å². The molecule has 4 heterocycles. The van der Waals surface area contributed by atoms with Crippen molar-refractivity contribution in [2.45, 2.75) is 25.8 Å². The maximum atomic E-state index is 12.3. The number of nitrogens with zero attached hydrogens (tertiary/aromatic N) is 4. The third-order valence-electron chi connectivity index (χ3n) is 4.36. The molecule has 0 aromatic carbocycles. The Morgan fingerprint density at radius 2 is 2.04 bits per heavy atom. The summed E-state index contributed by atoms with van der Waals surface area (Å²) in [4.78, 5) is 23.9. The van der Waals surface area contributed by atoms with Crippen LogP contribution in [0.15, 0.2) is 53.5 Å². The first-order chi connectivity index (χ1) is 11.2. The van der Waals surface area contributed by atoms with E-state index in [4.69, 9.17) is 0 Å². The van der Waals surface area contributed by atoms with Crippen LogP contribution in [0.3, 0.4) is 0 Å². The van der Waals surface area contributed by atoms with Crippen LogP contribution in [-0.2, 0) is 0 Å². The van der Waals surface area contributed by atoms with Gasteiger partial charge in [-0.25, -0.2) is 4.98 Å². The van der Waals surface area contributed by atoms with Gasteiger partial charge in [-0.15, -0.1) is 0 Å². The molecule has 1 atom stereocenters. The lowest BCUT2D eigenvalue weighted by molar-refractivity contribution is 0.684. The quantitative estimate of drug-likeness (QED) is 0.730. The van der Waals surface area contributed by atoms with Gasteiger partial charge in [-0.2, -0.15) is 0 Å². The van der Waals surface area contributed by atoms with E-state index in [9.17, 15) is 4.79 Å². The Balaban J connectivity index is 1.78. The van der Waals surface area contributed by atoms with E-state index in [1.165, 1.54) is 0 Å². The summed E-state index contributed by atoms with van der Waals surface area (Å²) in [5, 5.41) is 0. The minimum atomic E-state index is -0.0477. The Kier molecular flexibility index (Phi) is 3.33. The number of hydrogen-bond acceptors (Lipinski definition) is 4. The van der Waals surface area contributed by atoms with Gasteiger partial charge in [0.2, 0.25) is 0 Å². The van der Waals surface area contributed by atoms with Gasteiger partial charge in [-0.1, -0.05) is 12.1 Å². The molecule has 1 aliphatic rings. The summed E-state index contributed by atoms with van der Waals surface area (Å²) in [6.07, 6.45) is 3.86. The van der Waals surface area contributed by atoms with Crippen molar-refractivity contribution in [3.63, 3.8) is 0 Å². The Morgan fingerprint density at radius 3 is 2.91 bits per heavy atom. The van der Waals surface area contributed by atoms with Gasteiger partial charge >= 0.3 is 0 Å². The normalized spacial score (nSPS) is 17.8. The number of fused-ring (bicyclic) bond motifs is 1. The molecule has 4 rings (SSSR count). The molecule has 3 aromatic heterocycles. The summed E-state index contributed by atoms with van der Waals surface area (Å²) >= 11 is 0. The van der Waals surface area contributed by atoms with Crippen molar-refractivity contribution in [2.24, 2.45) is 0 Å². The van der Waals surface area contributed by atoms with Gasteiger partial charge in [0.1, 0.15) is 11.5 Å². The topological polar surface area (TPSA) is 50.5 Å². The second-order valence-electron chi connectivity index (χ2n) is 5.94. The summed E-state index contributed by atoms with van der Waals surface area (Å²) in [7, 11) is 0. The van der Waals surface area contributed by atoms with E-state index in [0.29, 0.717) is 5.65 Å². The van der Waals surface area contributed by atoms with Crippen molar-refractivity contribution in [1.82, 2.24) is 14.4 Å². The molecule has 0 N–H and O–H groups in total. The lowest BCUT2D eigenvalue weighted by Gasteiger charge is -2.25. The molecule has 1 saturated heterocycles. The van der Waals surface area contributed by atoms with E-state index in [0.717, 1.165) is 36.6 Å². The average molecular weight is 306 g/mol. The maximum absolute atomic E-state index is 12.3. The molecule has 0 aliphatic carbocycles. The van der Waals surface area contributed by atoms with Crippen LogP contribution in [0.25, 0.3) is 5.65 Å². The number of rotatable bonds is 2. The van der Waals surface area contributed by atoms with Crippen LogP contribution in [0, 0.1) is 6.92 Å². The molecule has 0 radical (unpaired) electrons. The zero-order chi connectivity index (χ0) is 15.8. The fourth-order valence-electron chi connectivity index (χ4n) is 3.29. The Morgan fingerprint density at radius 1 is 1.13 bits per heavy atom. The lowest BCUT2D eigenvalue weighted by atomic mass is 10.1. The van der Waals surface area contributed by atoms with Gasteiger partial charge in [0.25, 0.3) is 5.56 Å². The molecule has 0 unspecified atom stereocenters. The second-order valence-corrected chi connectivity index (χ2v) is 5.94. The van der Waals surface area contributed by atoms with Gasteiger partial charge < -0.3 is 4.90 Å².